The molecule has 0 atom stereocenters. The molecule has 0 saturated carbocycles. The lowest BCUT2D eigenvalue weighted by Gasteiger charge is -2.22. The van der Waals surface area contributed by atoms with Crippen LogP contribution >= 0.6 is 11.3 Å². The molecule has 0 spiro atoms. The van der Waals surface area contributed by atoms with Crippen molar-refractivity contribution >= 4 is 22.8 Å². The summed E-state index contributed by atoms with van der Waals surface area (Å²) < 4.78 is 2.08. The molecule has 0 aliphatic rings. The van der Waals surface area contributed by atoms with E-state index in [-0.39, 0.29) is 5.54 Å². The third kappa shape index (κ3) is 2.65. The van der Waals surface area contributed by atoms with Crippen molar-refractivity contribution in [1.82, 2.24) is 9.38 Å². The van der Waals surface area contributed by atoms with Crippen LogP contribution in [0.15, 0.2) is 36.5 Å². The Labute approximate surface area is 128 Å². The predicted molar refractivity (Wildman–Crippen MR) is 89.8 cm³/mol. The van der Waals surface area contributed by atoms with Gasteiger partial charge in [0, 0.05) is 11.7 Å². The predicted octanol–water partition coefficient (Wildman–Crippen LogP) is 4.25. The van der Waals surface area contributed by atoms with Crippen molar-refractivity contribution in [2.24, 2.45) is 0 Å². The van der Waals surface area contributed by atoms with Crippen LogP contribution in [0.3, 0.4) is 0 Å². The van der Waals surface area contributed by atoms with E-state index in [4.69, 9.17) is 11.4 Å². The molecular formula is C17H17N3S. The molecule has 0 saturated heterocycles. The van der Waals surface area contributed by atoms with E-state index in [2.05, 4.69) is 36.4 Å². The van der Waals surface area contributed by atoms with Crippen molar-refractivity contribution in [2.75, 3.05) is 5.32 Å². The Morgan fingerprint density at radius 3 is 2.71 bits per heavy atom. The van der Waals surface area contributed by atoms with Crippen molar-refractivity contribution in [1.29, 1.82) is 0 Å². The topological polar surface area (TPSA) is 29.3 Å². The standard InChI is InChI=1S/C17H17N3S/c1-5-12-9-10-13(21-12)15-16(19-17(2,3)4)20-11-7-6-8-14(20)18-15/h1,6-11,19H,2-4H3. The quantitative estimate of drug-likeness (QED) is 0.716. The fraction of sp³-hybridized carbons (Fsp3) is 0.235. The van der Waals surface area contributed by atoms with E-state index in [1.807, 2.05) is 36.5 Å². The summed E-state index contributed by atoms with van der Waals surface area (Å²) in [5.74, 6) is 3.69. The van der Waals surface area contributed by atoms with Crippen molar-refractivity contribution in [3.63, 3.8) is 0 Å². The van der Waals surface area contributed by atoms with Gasteiger partial charge in [-0.15, -0.1) is 17.8 Å². The first-order chi connectivity index (χ1) is 9.98. The molecule has 3 nitrogen and oxygen atoms in total. The van der Waals surface area contributed by atoms with Crippen LogP contribution in [0.1, 0.15) is 25.6 Å². The summed E-state index contributed by atoms with van der Waals surface area (Å²) in [6.45, 7) is 6.42. The summed E-state index contributed by atoms with van der Waals surface area (Å²) in [5.41, 5.74) is 1.82. The van der Waals surface area contributed by atoms with Gasteiger partial charge in [0.1, 0.15) is 17.2 Å². The fourth-order valence-corrected chi connectivity index (χ4v) is 2.99. The number of thiophene rings is 1. The molecule has 0 bridgehead atoms. The largest absolute Gasteiger partial charge is 0.365 e. The maximum Gasteiger partial charge on any atom is 0.140 e. The smallest absolute Gasteiger partial charge is 0.140 e. The number of anilines is 1. The summed E-state index contributed by atoms with van der Waals surface area (Å²) in [5, 5.41) is 3.55. The van der Waals surface area contributed by atoms with E-state index in [9.17, 15) is 0 Å². The van der Waals surface area contributed by atoms with E-state index in [0.717, 1.165) is 26.9 Å². The minimum Gasteiger partial charge on any atom is -0.365 e. The number of hydrogen-bond donors (Lipinski definition) is 1. The number of aromatic nitrogens is 2. The average Bonchev–Trinajstić information content (AvgIpc) is 3.02. The zero-order valence-electron chi connectivity index (χ0n) is 12.3. The maximum atomic E-state index is 5.48. The lowest BCUT2D eigenvalue weighted by molar-refractivity contribution is 0.630. The highest BCUT2D eigenvalue weighted by Gasteiger charge is 2.19. The van der Waals surface area contributed by atoms with Gasteiger partial charge in [-0.05, 0) is 45.0 Å². The van der Waals surface area contributed by atoms with Gasteiger partial charge in [-0.1, -0.05) is 12.0 Å². The second-order valence-electron chi connectivity index (χ2n) is 5.92. The van der Waals surface area contributed by atoms with Gasteiger partial charge in [0.05, 0.1) is 9.75 Å². The van der Waals surface area contributed by atoms with Gasteiger partial charge in [-0.3, -0.25) is 4.40 Å². The summed E-state index contributed by atoms with van der Waals surface area (Å²) in [6.07, 6.45) is 7.50. The molecule has 1 N–H and O–H groups in total. The average molecular weight is 295 g/mol. The Kier molecular flexibility index (Phi) is 3.23. The van der Waals surface area contributed by atoms with Crippen LogP contribution in [0, 0.1) is 12.3 Å². The highest BCUT2D eigenvalue weighted by Crippen LogP contribution is 2.34. The number of hydrogen-bond acceptors (Lipinski definition) is 3. The van der Waals surface area contributed by atoms with E-state index in [1.165, 1.54) is 0 Å². The Balaban J connectivity index is 2.21. The molecule has 3 aromatic rings. The maximum absolute atomic E-state index is 5.48. The Morgan fingerprint density at radius 2 is 2.05 bits per heavy atom. The Hall–Kier alpha value is -2.25. The number of nitrogens with one attached hydrogen (secondary N) is 1. The third-order valence-electron chi connectivity index (χ3n) is 3.00. The highest BCUT2D eigenvalue weighted by molar-refractivity contribution is 7.16. The van der Waals surface area contributed by atoms with Gasteiger partial charge >= 0.3 is 0 Å². The van der Waals surface area contributed by atoms with Crippen molar-refractivity contribution < 1.29 is 0 Å². The normalized spacial score (nSPS) is 11.5. The molecule has 0 unspecified atom stereocenters. The second kappa shape index (κ2) is 4.94. The molecule has 0 aromatic carbocycles. The molecule has 106 valence electrons. The van der Waals surface area contributed by atoms with E-state index < -0.39 is 0 Å². The zero-order valence-corrected chi connectivity index (χ0v) is 13.2. The number of fused-ring (bicyclic) bond motifs is 1. The minimum atomic E-state index is -0.0488. The summed E-state index contributed by atoms with van der Waals surface area (Å²) in [6, 6.07) is 10.0. The van der Waals surface area contributed by atoms with Gasteiger partial charge < -0.3 is 5.32 Å². The zero-order chi connectivity index (χ0) is 15.0. The van der Waals surface area contributed by atoms with Crippen LogP contribution in [0.2, 0.25) is 0 Å². The van der Waals surface area contributed by atoms with E-state index >= 15 is 0 Å². The van der Waals surface area contributed by atoms with Crippen LogP contribution in [0.5, 0.6) is 0 Å². The van der Waals surface area contributed by atoms with Gasteiger partial charge in [-0.25, -0.2) is 4.98 Å². The number of imidazole rings is 1. The molecule has 3 aromatic heterocycles. The molecule has 0 aliphatic heterocycles. The lowest BCUT2D eigenvalue weighted by atomic mass is 10.1. The minimum absolute atomic E-state index is 0.0488. The van der Waals surface area contributed by atoms with E-state index in [0.29, 0.717) is 0 Å². The molecule has 3 heterocycles. The van der Waals surface area contributed by atoms with Crippen molar-refractivity contribution in [3.8, 4) is 22.9 Å². The van der Waals surface area contributed by atoms with Crippen LogP contribution in [0.25, 0.3) is 16.2 Å². The third-order valence-corrected chi connectivity index (χ3v) is 4.03. The fourth-order valence-electron chi connectivity index (χ4n) is 2.19. The summed E-state index contributed by atoms with van der Waals surface area (Å²) >= 11 is 1.59. The molecule has 0 aliphatic carbocycles. The monoisotopic (exact) mass is 295 g/mol. The van der Waals surface area contributed by atoms with Gasteiger partial charge in [0.15, 0.2) is 0 Å². The van der Waals surface area contributed by atoms with Crippen molar-refractivity contribution in [2.45, 2.75) is 26.3 Å². The number of nitrogens with zero attached hydrogens (tertiary/aromatic N) is 2. The molecule has 21 heavy (non-hydrogen) atoms. The first-order valence-electron chi connectivity index (χ1n) is 6.80. The lowest BCUT2D eigenvalue weighted by Crippen LogP contribution is -2.27. The van der Waals surface area contributed by atoms with Crippen molar-refractivity contribution in [3.05, 3.63) is 41.4 Å². The summed E-state index contributed by atoms with van der Waals surface area (Å²) in [7, 11) is 0. The van der Waals surface area contributed by atoms with Crippen LogP contribution < -0.4 is 5.32 Å². The van der Waals surface area contributed by atoms with E-state index in [1.54, 1.807) is 11.3 Å². The van der Waals surface area contributed by atoms with Gasteiger partial charge in [-0.2, -0.15) is 0 Å². The molecule has 3 rings (SSSR count). The molecule has 4 heteroatoms. The molecular weight excluding hydrogens is 278 g/mol. The first kappa shape index (κ1) is 13.7. The Morgan fingerprint density at radius 1 is 1.24 bits per heavy atom. The molecule has 0 amide bonds. The molecule has 0 radical (unpaired) electrons. The van der Waals surface area contributed by atoms with Gasteiger partial charge in [0.2, 0.25) is 0 Å². The summed E-state index contributed by atoms with van der Waals surface area (Å²) in [4.78, 5) is 6.76. The van der Waals surface area contributed by atoms with Crippen LogP contribution in [-0.4, -0.2) is 14.9 Å². The number of rotatable bonds is 2. The highest BCUT2D eigenvalue weighted by atomic mass is 32.1. The SMILES string of the molecule is C#Cc1ccc(-c2nc3ccccn3c2NC(C)(C)C)s1. The number of terminal acetylenes is 1. The number of pyridine rings is 1. The Bertz CT molecular complexity index is 828. The van der Waals surface area contributed by atoms with Crippen LogP contribution in [-0.2, 0) is 0 Å². The molecule has 0 fully saturated rings. The second-order valence-corrected chi connectivity index (χ2v) is 7.00. The van der Waals surface area contributed by atoms with Crippen LogP contribution in [0.4, 0.5) is 5.82 Å². The van der Waals surface area contributed by atoms with Gasteiger partial charge in [0.25, 0.3) is 0 Å². The first-order valence-corrected chi connectivity index (χ1v) is 7.62.